The van der Waals surface area contributed by atoms with Gasteiger partial charge in [-0.1, -0.05) is 39.9 Å². The van der Waals surface area contributed by atoms with Crippen molar-refractivity contribution in [1.82, 2.24) is 5.32 Å². The second kappa shape index (κ2) is 8.87. The van der Waals surface area contributed by atoms with Gasteiger partial charge in [-0.3, -0.25) is 9.59 Å². The van der Waals surface area contributed by atoms with Crippen LogP contribution in [-0.4, -0.2) is 39.0 Å². The van der Waals surface area contributed by atoms with Crippen molar-refractivity contribution in [2.45, 2.75) is 51.4 Å². The van der Waals surface area contributed by atoms with Gasteiger partial charge in [0.2, 0.25) is 5.91 Å². The summed E-state index contributed by atoms with van der Waals surface area (Å²) in [6, 6.07) is 5.15. The molecule has 0 spiro atoms. The number of ether oxygens (including phenoxy) is 1. The third-order valence-corrected chi connectivity index (χ3v) is 9.33. The fourth-order valence-corrected chi connectivity index (χ4v) is 2.85. The monoisotopic (exact) mass is 388 g/mol. The highest BCUT2D eigenvalue weighted by Crippen LogP contribution is 2.35. The molecule has 0 aliphatic carbocycles. The molecule has 1 aromatic rings. The van der Waals surface area contributed by atoms with Gasteiger partial charge >= 0.3 is 5.97 Å². The van der Waals surface area contributed by atoms with Gasteiger partial charge in [0.05, 0.1) is 12.7 Å². The molecule has 0 saturated heterocycles. The minimum absolute atomic E-state index is 0.0970. The second-order valence-electron chi connectivity index (χ2n) is 7.88. The van der Waals surface area contributed by atoms with Gasteiger partial charge in [-0.2, -0.15) is 0 Å². The maximum atomic E-state index is 12.4. The summed E-state index contributed by atoms with van der Waals surface area (Å²) in [6.07, 6.45) is 0.143. The lowest BCUT2D eigenvalue weighted by molar-refractivity contribution is -0.119. The third-order valence-electron chi connectivity index (χ3n) is 4.78. The maximum absolute atomic E-state index is 12.4. The number of hydrogen-bond donors (Lipinski definition) is 2. The summed E-state index contributed by atoms with van der Waals surface area (Å²) in [7, 11) is -0.549. The first kappa shape index (κ1) is 22.4. The molecular formula is C20H28N2O4Si. The Labute approximate surface area is 161 Å². The van der Waals surface area contributed by atoms with Crippen LogP contribution in [0.2, 0.25) is 18.1 Å². The number of amides is 2. The van der Waals surface area contributed by atoms with Crippen molar-refractivity contribution in [2.75, 3.05) is 7.11 Å². The van der Waals surface area contributed by atoms with Crippen LogP contribution in [0.3, 0.4) is 0 Å². The van der Waals surface area contributed by atoms with Crippen LogP contribution < -0.4 is 11.1 Å². The summed E-state index contributed by atoms with van der Waals surface area (Å²) >= 11 is 0. The lowest BCUT2D eigenvalue weighted by atomic mass is 10.1. The molecule has 0 bridgehead atoms. The van der Waals surface area contributed by atoms with E-state index in [1.807, 2.05) is 0 Å². The van der Waals surface area contributed by atoms with Crippen molar-refractivity contribution in [3.63, 3.8) is 0 Å². The van der Waals surface area contributed by atoms with Crippen LogP contribution in [0.25, 0.3) is 0 Å². The molecular weight excluding hydrogens is 360 g/mol. The smallest absolute Gasteiger partial charge is 0.337 e. The number of rotatable bonds is 5. The molecule has 0 heterocycles. The molecule has 146 valence electrons. The summed E-state index contributed by atoms with van der Waals surface area (Å²) < 4.78 is 4.64. The zero-order chi connectivity index (χ0) is 20.8. The molecule has 0 unspecified atom stereocenters. The van der Waals surface area contributed by atoms with Gasteiger partial charge in [-0.05, 0) is 23.2 Å². The summed E-state index contributed by atoms with van der Waals surface area (Å²) in [4.78, 5) is 35.7. The molecule has 0 fully saturated rings. The molecule has 0 radical (unpaired) electrons. The van der Waals surface area contributed by atoms with E-state index in [9.17, 15) is 14.4 Å². The van der Waals surface area contributed by atoms with E-state index in [4.69, 9.17) is 5.73 Å². The molecule has 1 aromatic carbocycles. The van der Waals surface area contributed by atoms with Gasteiger partial charge in [-0.25, -0.2) is 4.79 Å². The Morgan fingerprint density at radius 2 is 1.81 bits per heavy atom. The molecule has 1 rings (SSSR count). The Bertz CT molecular complexity index is 785. The number of carbonyl (C=O) groups is 3. The van der Waals surface area contributed by atoms with Crippen LogP contribution in [0.4, 0.5) is 0 Å². The number of hydrogen-bond acceptors (Lipinski definition) is 4. The first-order chi connectivity index (χ1) is 12.4. The van der Waals surface area contributed by atoms with Gasteiger partial charge in [-0.15, -0.1) is 11.5 Å². The molecule has 27 heavy (non-hydrogen) atoms. The van der Waals surface area contributed by atoms with Crippen LogP contribution in [0.1, 0.15) is 47.9 Å². The van der Waals surface area contributed by atoms with Crippen molar-refractivity contribution in [1.29, 1.82) is 0 Å². The van der Waals surface area contributed by atoms with Crippen molar-refractivity contribution in [3.05, 3.63) is 35.4 Å². The lowest BCUT2D eigenvalue weighted by Crippen LogP contribution is -2.44. The van der Waals surface area contributed by atoms with Crippen LogP contribution in [0.15, 0.2) is 24.3 Å². The predicted octanol–water partition coefficient (Wildman–Crippen LogP) is 2.50. The Morgan fingerprint density at radius 3 is 2.33 bits per heavy atom. The van der Waals surface area contributed by atoms with Crippen molar-refractivity contribution in [3.8, 4) is 11.5 Å². The SMILES string of the molecule is COC(=O)c1cccc(C(=O)N[C@H](CC#C[Si](C)(C)C(C)(C)C)C(N)=O)c1. The van der Waals surface area contributed by atoms with Crippen LogP contribution in [0, 0.1) is 11.5 Å². The number of methoxy groups -OCH3 is 1. The maximum Gasteiger partial charge on any atom is 0.337 e. The topological polar surface area (TPSA) is 98.5 Å². The standard InChI is InChI=1S/C20H28N2O4Si/c1-20(2,3)27(5,6)12-8-11-16(17(21)23)22-18(24)14-9-7-10-15(13-14)19(25)26-4/h7,9-10,13,16H,11H2,1-6H3,(H2,21,23)(H,22,24)/t16-/m1/s1. The van der Waals surface area contributed by atoms with Gasteiger partial charge < -0.3 is 15.8 Å². The molecule has 3 N–H and O–H groups in total. The van der Waals surface area contributed by atoms with Gasteiger partial charge in [0, 0.05) is 12.0 Å². The Balaban J connectivity index is 2.92. The molecule has 1 atom stereocenters. The zero-order valence-electron chi connectivity index (χ0n) is 16.8. The number of nitrogens with two attached hydrogens (primary N) is 1. The lowest BCUT2D eigenvalue weighted by Gasteiger charge is -2.31. The van der Waals surface area contributed by atoms with Crippen molar-refractivity contribution in [2.24, 2.45) is 5.73 Å². The number of primary amides is 1. The van der Waals surface area contributed by atoms with Gasteiger partial charge in [0.25, 0.3) is 5.91 Å². The van der Waals surface area contributed by atoms with Gasteiger partial charge in [0.15, 0.2) is 0 Å². The molecule has 0 aliphatic rings. The highest BCUT2D eigenvalue weighted by atomic mass is 28.3. The Hall–Kier alpha value is -2.59. The zero-order valence-corrected chi connectivity index (χ0v) is 17.8. The van der Waals surface area contributed by atoms with Crippen molar-refractivity contribution >= 4 is 25.9 Å². The normalized spacial score (nSPS) is 12.4. The fraction of sp³-hybridized carbons (Fsp3) is 0.450. The molecule has 0 saturated carbocycles. The van der Waals surface area contributed by atoms with E-state index in [0.717, 1.165) is 0 Å². The fourth-order valence-electron chi connectivity index (χ4n) is 1.93. The molecule has 7 heteroatoms. The first-order valence-corrected chi connectivity index (χ1v) is 11.7. The number of carbonyl (C=O) groups excluding carboxylic acids is 3. The van der Waals surface area contributed by atoms with Crippen LogP contribution >= 0.6 is 0 Å². The predicted molar refractivity (Wildman–Crippen MR) is 108 cm³/mol. The highest BCUT2D eigenvalue weighted by molar-refractivity contribution is 6.87. The summed E-state index contributed by atoms with van der Waals surface area (Å²) in [5.74, 6) is 1.33. The molecule has 2 amide bonds. The average molecular weight is 389 g/mol. The third kappa shape index (κ3) is 6.26. The van der Waals surface area contributed by atoms with Crippen molar-refractivity contribution < 1.29 is 19.1 Å². The summed E-state index contributed by atoms with van der Waals surface area (Å²) in [6.45, 7) is 10.8. The van der Waals surface area contributed by atoms with E-state index >= 15 is 0 Å². The molecule has 6 nitrogen and oxygen atoms in total. The minimum Gasteiger partial charge on any atom is -0.465 e. The second-order valence-corrected chi connectivity index (χ2v) is 12.9. The number of benzene rings is 1. The van der Waals surface area contributed by atoms with E-state index in [2.05, 4.69) is 55.4 Å². The van der Waals surface area contributed by atoms with E-state index in [1.165, 1.54) is 13.2 Å². The highest BCUT2D eigenvalue weighted by Gasteiger charge is 2.33. The van der Waals surface area contributed by atoms with E-state index in [0.29, 0.717) is 0 Å². The summed E-state index contributed by atoms with van der Waals surface area (Å²) in [5.41, 5.74) is 9.20. The quantitative estimate of drug-likeness (QED) is 0.460. The first-order valence-electron chi connectivity index (χ1n) is 8.67. The van der Waals surface area contributed by atoms with E-state index < -0.39 is 31.9 Å². The van der Waals surface area contributed by atoms with E-state index in [-0.39, 0.29) is 22.6 Å². The van der Waals surface area contributed by atoms with Gasteiger partial charge in [0.1, 0.15) is 14.1 Å². The summed E-state index contributed by atoms with van der Waals surface area (Å²) in [5, 5.41) is 2.69. The number of esters is 1. The van der Waals surface area contributed by atoms with Crippen LogP contribution in [-0.2, 0) is 9.53 Å². The Morgan fingerprint density at radius 1 is 1.22 bits per heavy atom. The molecule has 0 aromatic heterocycles. The molecule has 0 aliphatic heterocycles. The average Bonchev–Trinajstić information content (AvgIpc) is 2.58. The Kier molecular flexibility index (Phi) is 7.37. The van der Waals surface area contributed by atoms with E-state index in [1.54, 1.807) is 18.2 Å². The minimum atomic E-state index is -1.81. The van der Waals surface area contributed by atoms with Crippen LogP contribution in [0.5, 0.6) is 0 Å². The largest absolute Gasteiger partial charge is 0.465 e. The number of nitrogens with one attached hydrogen (secondary N) is 1.